The number of aryl methyl sites for hydroxylation is 2. The second-order valence-electron chi connectivity index (χ2n) is 5.50. The van der Waals surface area contributed by atoms with Gasteiger partial charge in [-0.2, -0.15) is 11.8 Å². The van der Waals surface area contributed by atoms with Gasteiger partial charge in [0.25, 0.3) is 5.91 Å². The van der Waals surface area contributed by atoms with Crippen molar-refractivity contribution in [1.82, 2.24) is 5.32 Å². The van der Waals surface area contributed by atoms with Crippen LogP contribution >= 0.6 is 11.8 Å². The monoisotopic (exact) mass is 329 g/mol. The van der Waals surface area contributed by atoms with Gasteiger partial charge < -0.3 is 10.1 Å². The first kappa shape index (κ1) is 17.4. The summed E-state index contributed by atoms with van der Waals surface area (Å²) < 4.78 is 5.71. The van der Waals surface area contributed by atoms with Gasteiger partial charge in [-0.1, -0.05) is 29.8 Å². The van der Waals surface area contributed by atoms with Crippen molar-refractivity contribution in [3.05, 3.63) is 64.7 Å². The Labute approximate surface area is 142 Å². The fourth-order valence-corrected chi connectivity index (χ4v) is 2.83. The Morgan fingerprint density at radius 2 is 1.87 bits per heavy atom. The Balaban J connectivity index is 1.78. The Morgan fingerprint density at radius 3 is 2.52 bits per heavy atom. The molecule has 1 N–H and O–H groups in total. The largest absolute Gasteiger partial charge is 0.491 e. The van der Waals surface area contributed by atoms with Crippen molar-refractivity contribution >= 4 is 17.7 Å². The van der Waals surface area contributed by atoms with Crippen LogP contribution in [0.3, 0.4) is 0 Å². The number of amides is 1. The predicted molar refractivity (Wildman–Crippen MR) is 97.4 cm³/mol. The van der Waals surface area contributed by atoms with Crippen molar-refractivity contribution in [1.29, 1.82) is 0 Å². The number of carbonyl (C=O) groups excluding carboxylic acids is 1. The summed E-state index contributed by atoms with van der Waals surface area (Å²) in [4.78, 5) is 12.1. The highest BCUT2D eigenvalue weighted by Gasteiger charge is 2.05. The minimum Gasteiger partial charge on any atom is -0.491 e. The molecule has 2 rings (SSSR count). The third kappa shape index (κ3) is 5.32. The lowest BCUT2D eigenvalue weighted by Gasteiger charge is -2.10. The maximum atomic E-state index is 12.1. The summed E-state index contributed by atoms with van der Waals surface area (Å²) in [5.41, 5.74) is 4.24. The lowest BCUT2D eigenvalue weighted by atomic mass is 10.1. The van der Waals surface area contributed by atoms with E-state index in [1.54, 1.807) is 11.8 Å². The molecule has 2 aromatic rings. The Hall–Kier alpha value is -1.94. The van der Waals surface area contributed by atoms with Crippen LogP contribution in [0.25, 0.3) is 0 Å². The molecule has 0 aromatic heterocycles. The van der Waals surface area contributed by atoms with Gasteiger partial charge in [0.15, 0.2) is 0 Å². The molecule has 122 valence electrons. The van der Waals surface area contributed by atoms with Gasteiger partial charge in [-0.05, 0) is 49.4 Å². The zero-order valence-corrected chi connectivity index (χ0v) is 14.7. The standard InChI is InChI=1S/C19H23NO2S/c1-14-4-9-18(15(2)12-14)22-11-10-20-19(21)17-7-5-16(6-8-17)13-23-3/h4-9,12H,10-11,13H2,1-3H3,(H,20,21). The molecule has 1 amide bonds. The molecule has 0 aliphatic rings. The van der Waals surface area contributed by atoms with Crippen LogP contribution in [-0.4, -0.2) is 25.3 Å². The molecule has 0 atom stereocenters. The number of hydrogen-bond donors (Lipinski definition) is 1. The highest BCUT2D eigenvalue weighted by Crippen LogP contribution is 2.18. The van der Waals surface area contributed by atoms with Crippen LogP contribution in [0.15, 0.2) is 42.5 Å². The van der Waals surface area contributed by atoms with Gasteiger partial charge in [-0.25, -0.2) is 0 Å². The molecule has 4 heteroatoms. The summed E-state index contributed by atoms with van der Waals surface area (Å²) in [5.74, 6) is 1.77. The molecule has 0 unspecified atom stereocenters. The maximum Gasteiger partial charge on any atom is 0.251 e. The maximum absolute atomic E-state index is 12.1. The Kier molecular flexibility index (Phi) is 6.53. The van der Waals surface area contributed by atoms with Crippen LogP contribution in [0.2, 0.25) is 0 Å². The first-order chi connectivity index (χ1) is 11.1. The summed E-state index contributed by atoms with van der Waals surface area (Å²) in [6, 6.07) is 13.8. The molecule has 0 aliphatic carbocycles. The second kappa shape index (κ2) is 8.63. The van der Waals surface area contributed by atoms with E-state index in [0.717, 1.165) is 17.1 Å². The number of nitrogens with one attached hydrogen (secondary N) is 1. The van der Waals surface area contributed by atoms with Gasteiger partial charge >= 0.3 is 0 Å². The van der Waals surface area contributed by atoms with Crippen LogP contribution in [0, 0.1) is 13.8 Å². The second-order valence-corrected chi connectivity index (χ2v) is 6.37. The highest BCUT2D eigenvalue weighted by molar-refractivity contribution is 7.97. The van der Waals surface area contributed by atoms with E-state index in [1.807, 2.05) is 43.3 Å². The molecule has 0 spiro atoms. The van der Waals surface area contributed by atoms with Gasteiger partial charge in [-0.15, -0.1) is 0 Å². The van der Waals surface area contributed by atoms with E-state index in [2.05, 4.69) is 24.6 Å². The third-order valence-corrected chi connectivity index (χ3v) is 4.12. The van der Waals surface area contributed by atoms with Crippen molar-refractivity contribution in [3.8, 4) is 5.75 Å². The van der Waals surface area contributed by atoms with E-state index in [0.29, 0.717) is 18.7 Å². The van der Waals surface area contributed by atoms with Crippen molar-refractivity contribution < 1.29 is 9.53 Å². The zero-order chi connectivity index (χ0) is 16.7. The van der Waals surface area contributed by atoms with E-state index in [4.69, 9.17) is 4.74 Å². The van der Waals surface area contributed by atoms with Crippen molar-refractivity contribution in [3.63, 3.8) is 0 Å². The molecule has 0 heterocycles. The van der Waals surface area contributed by atoms with E-state index >= 15 is 0 Å². The third-order valence-electron chi connectivity index (χ3n) is 3.50. The van der Waals surface area contributed by atoms with Gasteiger partial charge in [0.1, 0.15) is 12.4 Å². The minimum atomic E-state index is -0.0649. The SMILES string of the molecule is CSCc1ccc(C(=O)NCCOc2ccc(C)cc2C)cc1. The van der Waals surface area contributed by atoms with Gasteiger partial charge in [-0.3, -0.25) is 4.79 Å². The summed E-state index contributed by atoms with van der Waals surface area (Å²) in [5, 5.41) is 2.88. The summed E-state index contributed by atoms with van der Waals surface area (Å²) in [7, 11) is 0. The average molecular weight is 329 g/mol. The molecule has 2 aromatic carbocycles. The van der Waals surface area contributed by atoms with Crippen molar-refractivity contribution in [2.45, 2.75) is 19.6 Å². The van der Waals surface area contributed by atoms with Crippen LogP contribution in [-0.2, 0) is 5.75 Å². The lowest BCUT2D eigenvalue weighted by Crippen LogP contribution is -2.28. The topological polar surface area (TPSA) is 38.3 Å². The molecular formula is C19H23NO2S. The lowest BCUT2D eigenvalue weighted by molar-refractivity contribution is 0.0947. The van der Waals surface area contributed by atoms with Crippen LogP contribution in [0.1, 0.15) is 27.0 Å². The summed E-state index contributed by atoms with van der Waals surface area (Å²) in [6.07, 6.45) is 2.07. The normalized spacial score (nSPS) is 10.4. The van der Waals surface area contributed by atoms with Gasteiger partial charge in [0.05, 0.1) is 6.54 Å². The molecule has 23 heavy (non-hydrogen) atoms. The highest BCUT2D eigenvalue weighted by atomic mass is 32.2. The number of benzene rings is 2. The van der Waals surface area contributed by atoms with E-state index in [1.165, 1.54) is 11.1 Å². The quantitative estimate of drug-likeness (QED) is 0.781. The van der Waals surface area contributed by atoms with Crippen LogP contribution in [0.4, 0.5) is 0 Å². The summed E-state index contributed by atoms with van der Waals surface area (Å²) >= 11 is 1.77. The van der Waals surface area contributed by atoms with Gasteiger partial charge in [0.2, 0.25) is 0 Å². The van der Waals surface area contributed by atoms with Crippen molar-refractivity contribution in [2.24, 2.45) is 0 Å². The van der Waals surface area contributed by atoms with E-state index in [-0.39, 0.29) is 5.91 Å². The molecule has 3 nitrogen and oxygen atoms in total. The molecule has 0 aliphatic heterocycles. The van der Waals surface area contributed by atoms with E-state index in [9.17, 15) is 4.79 Å². The fourth-order valence-electron chi connectivity index (χ4n) is 2.31. The van der Waals surface area contributed by atoms with Crippen LogP contribution in [0.5, 0.6) is 5.75 Å². The predicted octanol–water partition coefficient (Wildman–Crippen LogP) is 3.98. The molecule has 0 bridgehead atoms. The van der Waals surface area contributed by atoms with Crippen LogP contribution < -0.4 is 10.1 Å². The number of rotatable bonds is 7. The first-order valence-electron chi connectivity index (χ1n) is 7.66. The van der Waals surface area contributed by atoms with Gasteiger partial charge in [0, 0.05) is 11.3 Å². The smallest absolute Gasteiger partial charge is 0.251 e. The zero-order valence-electron chi connectivity index (χ0n) is 13.9. The van der Waals surface area contributed by atoms with E-state index < -0.39 is 0 Å². The Bertz CT molecular complexity index is 653. The molecular weight excluding hydrogens is 306 g/mol. The van der Waals surface area contributed by atoms with Crippen molar-refractivity contribution in [2.75, 3.05) is 19.4 Å². The number of ether oxygens (including phenoxy) is 1. The number of carbonyl (C=O) groups is 1. The summed E-state index contributed by atoms with van der Waals surface area (Å²) in [6.45, 7) is 5.03. The molecule has 0 saturated carbocycles. The fraction of sp³-hybridized carbons (Fsp3) is 0.316. The molecule has 0 radical (unpaired) electrons. The molecule has 0 fully saturated rings. The Morgan fingerprint density at radius 1 is 1.13 bits per heavy atom. The number of thioether (sulfide) groups is 1. The minimum absolute atomic E-state index is 0.0649. The average Bonchev–Trinajstić information content (AvgIpc) is 2.54. The molecule has 0 saturated heterocycles. The first-order valence-corrected chi connectivity index (χ1v) is 9.05. The number of hydrogen-bond acceptors (Lipinski definition) is 3.